The highest BCUT2D eigenvalue weighted by Crippen LogP contribution is 2.14. The summed E-state index contributed by atoms with van der Waals surface area (Å²) in [6, 6.07) is -8.77. The van der Waals surface area contributed by atoms with Crippen molar-refractivity contribution in [3.63, 3.8) is 0 Å². The van der Waals surface area contributed by atoms with Gasteiger partial charge in [-0.1, -0.05) is 69.2 Å². The van der Waals surface area contributed by atoms with E-state index in [1.54, 1.807) is 41.5 Å². The van der Waals surface area contributed by atoms with E-state index >= 15 is 0 Å². The van der Waals surface area contributed by atoms with E-state index in [0.717, 1.165) is 7.11 Å². The van der Waals surface area contributed by atoms with Gasteiger partial charge < -0.3 is 57.5 Å². The van der Waals surface area contributed by atoms with Gasteiger partial charge in [0.2, 0.25) is 41.4 Å². The Bertz CT molecular complexity index is 1600. The zero-order valence-electron chi connectivity index (χ0n) is 40.4. The topological polar surface area (TPSA) is 320 Å². The van der Waals surface area contributed by atoms with Crippen LogP contribution >= 0.6 is 0 Å². The summed E-state index contributed by atoms with van der Waals surface area (Å²) in [6.45, 7) is 17.7. The number of nitrogens with one attached hydrogen (secondary N) is 7. The van der Waals surface area contributed by atoms with Crippen LogP contribution in [0.5, 0.6) is 0 Å². The fraction of sp³-hybridized carbons (Fsp3) is 0.773. The number of esters is 2. The van der Waals surface area contributed by atoms with Crippen LogP contribution in [0, 0.1) is 29.6 Å². The Morgan fingerprint density at radius 3 is 1.06 bits per heavy atom. The second kappa shape index (κ2) is 30.7. The summed E-state index contributed by atoms with van der Waals surface area (Å²) >= 11 is 0. The largest absolute Gasteiger partial charge is 0.480 e. The van der Waals surface area contributed by atoms with Crippen LogP contribution in [0.2, 0.25) is 0 Å². The summed E-state index contributed by atoms with van der Waals surface area (Å²) in [6.07, 6.45) is -0.534. The number of methoxy groups -OCH3 is 2. The molecule has 0 heterocycles. The SMILES string of the molecule is COC(=O)CC[C@H](NC(=O)CCN)C(=O)N[C@@H](CC(C)C)C(=O)N[C@H](CC(C)C)C(=O)N[C@H](C(=O)N[C@@H](CCC(=O)OC)C(=O)N[C@H](CC(C)C)C(=O)N[C@@H](CC(C)C)C(=O)O)C(C)C. The highest BCUT2D eigenvalue weighted by molar-refractivity contribution is 5.97. The summed E-state index contributed by atoms with van der Waals surface area (Å²) in [5.41, 5.74) is 5.49. The van der Waals surface area contributed by atoms with Crippen LogP contribution in [0.25, 0.3) is 0 Å². The standard InChI is InChI=1S/C44H78N8O13/c1-23(2)19-30(48-38(56)28(13-15-35(54)64-11)46-34(53)17-18-45)40(58)50-32(21-25(5)6)42(60)52-37(27(9)10)43(61)47-29(14-16-36(55)65-12)39(57)49-31(20-24(3)4)41(59)51-33(44(62)63)22-26(7)8/h23-33,37H,13-22,45H2,1-12H3,(H,46,53)(H,47,61)(H,48,56)(H,49,57)(H,50,58)(H,51,59)(H,52,60)(H,62,63)/t28-,29-,30-,31+,32+,33-,37-/m0/s1. The third-order valence-corrected chi connectivity index (χ3v) is 9.97. The molecule has 0 saturated heterocycles. The predicted octanol–water partition coefficient (Wildman–Crippen LogP) is 0.560. The van der Waals surface area contributed by atoms with Crippen LogP contribution in [-0.2, 0) is 57.4 Å². The molecule has 65 heavy (non-hydrogen) atoms. The van der Waals surface area contributed by atoms with Gasteiger partial charge in [-0.3, -0.25) is 43.2 Å². The predicted molar refractivity (Wildman–Crippen MR) is 240 cm³/mol. The Balaban J connectivity index is 6.57. The van der Waals surface area contributed by atoms with E-state index < -0.39 is 107 Å². The van der Waals surface area contributed by atoms with E-state index in [0.29, 0.717) is 0 Å². The molecule has 0 radical (unpaired) electrons. The normalized spacial score (nSPS) is 14.6. The Morgan fingerprint density at radius 2 is 0.738 bits per heavy atom. The van der Waals surface area contributed by atoms with Gasteiger partial charge in [-0.15, -0.1) is 0 Å². The van der Waals surface area contributed by atoms with E-state index in [1.807, 2.05) is 27.7 Å². The van der Waals surface area contributed by atoms with Crippen LogP contribution in [0.3, 0.4) is 0 Å². The van der Waals surface area contributed by atoms with Crippen molar-refractivity contribution in [1.29, 1.82) is 0 Å². The number of ether oxygens (including phenoxy) is 2. The lowest BCUT2D eigenvalue weighted by Crippen LogP contribution is -2.61. The maximum absolute atomic E-state index is 14.0. The number of carbonyl (C=O) groups excluding carboxylic acids is 9. The lowest BCUT2D eigenvalue weighted by atomic mass is 9.98. The first kappa shape index (κ1) is 59.7. The number of amides is 7. The molecule has 0 aliphatic carbocycles. The number of carbonyl (C=O) groups is 10. The fourth-order valence-corrected chi connectivity index (χ4v) is 6.60. The van der Waals surface area contributed by atoms with Gasteiger partial charge in [0.1, 0.15) is 42.3 Å². The maximum Gasteiger partial charge on any atom is 0.326 e. The molecular formula is C44H78N8O13. The minimum absolute atomic E-state index is 0.00904. The first-order valence-electron chi connectivity index (χ1n) is 22.4. The zero-order valence-corrected chi connectivity index (χ0v) is 40.4. The van der Waals surface area contributed by atoms with E-state index in [2.05, 4.69) is 42.0 Å². The summed E-state index contributed by atoms with van der Waals surface area (Å²) in [5.74, 6) is -8.81. The zero-order chi connectivity index (χ0) is 50.1. The Morgan fingerprint density at radius 1 is 0.431 bits per heavy atom. The molecule has 7 atom stereocenters. The Hall–Kier alpha value is -5.34. The van der Waals surface area contributed by atoms with Crippen molar-refractivity contribution in [3.8, 4) is 0 Å². The monoisotopic (exact) mass is 927 g/mol. The Labute approximate surface area is 383 Å². The van der Waals surface area contributed by atoms with Crippen LogP contribution in [-0.4, -0.2) is 127 Å². The number of rotatable bonds is 31. The van der Waals surface area contributed by atoms with Crippen molar-refractivity contribution in [2.75, 3.05) is 20.8 Å². The van der Waals surface area contributed by atoms with Crippen LogP contribution in [0.1, 0.15) is 127 Å². The summed E-state index contributed by atoms with van der Waals surface area (Å²) < 4.78 is 9.42. The molecule has 0 aromatic carbocycles. The van der Waals surface area contributed by atoms with Gasteiger partial charge in [0, 0.05) is 25.8 Å². The lowest BCUT2D eigenvalue weighted by molar-refractivity contribution is -0.143. The smallest absolute Gasteiger partial charge is 0.326 e. The number of hydrogen-bond acceptors (Lipinski definition) is 13. The molecular weight excluding hydrogens is 849 g/mol. The minimum atomic E-state index is -1.42. The molecule has 0 rings (SSSR count). The van der Waals surface area contributed by atoms with Crippen LogP contribution < -0.4 is 43.0 Å². The van der Waals surface area contributed by atoms with Crippen LogP contribution in [0.15, 0.2) is 0 Å². The van der Waals surface area contributed by atoms with Gasteiger partial charge in [-0.2, -0.15) is 0 Å². The molecule has 0 aromatic rings. The fourth-order valence-electron chi connectivity index (χ4n) is 6.60. The molecule has 10 N–H and O–H groups in total. The summed E-state index contributed by atoms with van der Waals surface area (Å²) in [7, 11) is 2.33. The number of carboxylic acids is 1. The average Bonchev–Trinajstić information content (AvgIpc) is 3.20. The van der Waals surface area contributed by atoms with Gasteiger partial charge in [-0.25, -0.2) is 4.79 Å². The molecule has 21 heteroatoms. The third-order valence-electron chi connectivity index (χ3n) is 9.97. The number of nitrogens with two attached hydrogens (primary N) is 1. The van der Waals surface area contributed by atoms with E-state index in [1.165, 1.54) is 7.11 Å². The molecule has 0 aliphatic rings. The van der Waals surface area contributed by atoms with Crippen molar-refractivity contribution in [2.45, 2.75) is 169 Å². The number of hydrogen-bond donors (Lipinski definition) is 9. The quantitative estimate of drug-likeness (QED) is 0.0430. The molecule has 0 spiro atoms. The van der Waals surface area contributed by atoms with Crippen molar-refractivity contribution in [1.82, 2.24) is 37.2 Å². The maximum atomic E-state index is 14.0. The second-order valence-electron chi connectivity index (χ2n) is 18.3. The van der Waals surface area contributed by atoms with Crippen LogP contribution in [0.4, 0.5) is 0 Å². The molecule has 0 fully saturated rings. The number of carboxylic acid groups (broad SMARTS) is 1. The summed E-state index contributed by atoms with van der Waals surface area (Å²) in [4.78, 5) is 131. The molecule has 7 amide bonds. The van der Waals surface area contributed by atoms with E-state index in [9.17, 15) is 53.1 Å². The van der Waals surface area contributed by atoms with Crippen molar-refractivity contribution < 1.29 is 62.5 Å². The van der Waals surface area contributed by atoms with Gasteiger partial charge in [0.15, 0.2) is 0 Å². The van der Waals surface area contributed by atoms with Crippen molar-refractivity contribution in [3.05, 3.63) is 0 Å². The molecule has 0 aromatic heterocycles. The second-order valence-corrected chi connectivity index (χ2v) is 18.3. The molecule has 0 unspecified atom stereocenters. The molecule has 0 bridgehead atoms. The Kier molecular flexibility index (Phi) is 28.2. The van der Waals surface area contributed by atoms with Gasteiger partial charge >= 0.3 is 17.9 Å². The van der Waals surface area contributed by atoms with E-state index in [4.69, 9.17) is 10.5 Å². The summed E-state index contributed by atoms with van der Waals surface area (Å²) in [5, 5.41) is 28.0. The van der Waals surface area contributed by atoms with Crippen molar-refractivity contribution >= 4 is 59.3 Å². The first-order valence-corrected chi connectivity index (χ1v) is 22.4. The van der Waals surface area contributed by atoms with Gasteiger partial charge in [0.25, 0.3) is 0 Å². The molecule has 0 saturated carbocycles. The van der Waals surface area contributed by atoms with Crippen molar-refractivity contribution in [2.24, 2.45) is 35.3 Å². The van der Waals surface area contributed by atoms with E-state index in [-0.39, 0.29) is 88.0 Å². The molecule has 372 valence electrons. The third kappa shape index (κ3) is 24.5. The van der Waals surface area contributed by atoms with Gasteiger partial charge in [0.05, 0.1) is 14.2 Å². The number of aliphatic carboxylic acids is 1. The minimum Gasteiger partial charge on any atom is -0.480 e. The highest BCUT2D eigenvalue weighted by atomic mass is 16.5. The first-order chi connectivity index (χ1) is 30.3. The average molecular weight is 927 g/mol. The van der Waals surface area contributed by atoms with Gasteiger partial charge in [-0.05, 0) is 68.1 Å². The highest BCUT2D eigenvalue weighted by Gasteiger charge is 2.36. The molecule has 21 nitrogen and oxygen atoms in total. The lowest BCUT2D eigenvalue weighted by Gasteiger charge is -2.30. The molecule has 0 aliphatic heterocycles.